The van der Waals surface area contributed by atoms with Crippen LogP contribution >= 0.6 is 0 Å². The van der Waals surface area contributed by atoms with Crippen molar-refractivity contribution >= 4 is 43.7 Å². The summed E-state index contributed by atoms with van der Waals surface area (Å²) in [6, 6.07) is 43.9. The van der Waals surface area contributed by atoms with Crippen molar-refractivity contribution in [1.29, 1.82) is 0 Å². The molecule has 3 aromatic heterocycles. The van der Waals surface area contributed by atoms with E-state index in [0.29, 0.717) is 34.2 Å². The van der Waals surface area contributed by atoms with Crippen molar-refractivity contribution in [3.05, 3.63) is 170 Å². The number of hydrogen-bond acceptors (Lipinski definition) is 4. The van der Waals surface area contributed by atoms with Gasteiger partial charge < -0.3 is 8.98 Å². The number of fused-ring (bicyclic) bond motifs is 6. The molecule has 10 aromatic rings. The van der Waals surface area contributed by atoms with E-state index in [1.807, 2.05) is 121 Å². The standard InChI is InChI=1S/C45H28N4O/c1-4-14-29(15-5-1)32-26-27-34-33-20-10-11-23-37(33)49(39(34)28-32)38-24-13-25-40-41(38)35-21-12-22-36(42(35)50-40)45-47-43(30-16-6-2-7-17-30)46-44(48-45)31-18-8-3-9-19-31/h1-28H/i1D,4D,5D,14D,15D. The van der Waals surface area contributed by atoms with Crippen LogP contribution in [0.2, 0.25) is 0 Å². The van der Waals surface area contributed by atoms with E-state index in [1.165, 1.54) is 0 Å². The van der Waals surface area contributed by atoms with E-state index >= 15 is 0 Å². The highest BCUT2D eigenvalue weighted by Crippen LogP contribution is 2.42. The fraction of sp³-hybridized carbons (Fsp3) is 0. The first-order valence-corrected chi connectivity index (χ1v) is 16.3. The normalized spacial score (nSPS) is 13.0. The van der Waals surface area contributed by atoms with E-state index in [4.69, 9.17) is 26.2 Å². The zero-order valence-electron chi connectivity index (χ0n) is 31.5. The number of furan rings is 1. The van der Waals surface area contributed by atoms with Crippen LogP contribution in [0.5, 0.6) is 0 Å². The number of hydrogen-bond donors (Lipinski definition) is 0. The molecule has 234 valence electrons. The van der Waals surface area contributed by atoms with Gasteiger partial charge in [-0.3, -0.25) is 0 Å². The van der Waals surface area contributed by atoms with Crippen LogP contribution in [0, 0.1) is 0 Å². The molecule has 5 heteroatoms. The SMILES string of the molecule is [2H]c1c([2H])c([2H])c(-c2ccc3c4ccccc4n(-c4cccc5oc6c(-c7nc(-c8ccccc8)nc(-c8ccccc8)n7)cccc6c45)c3c2)c([2H])c1[2H]. The summed E-state index contributed by atoms with van der Waals surface area (Å²) < 4.78 is 51.0. The Kier molecular flexibility index (Phi) is 5.35. The maximum Gasteiger partial charge on any atom is 0.167 e. The van der Waals surface area contributed by atoms with Crippen molar-refractivity contribution in [3.8, 4) is 51.0 Å². The minimum Gasteiger partial charge on any atom is -0.455 e. The Morgan fingerprint density at radius 3 is 1.88 bits per heavy atom. The third-order valence-electron chi connectivity index (χ3n) is 9.14. The van der Waals surface area contributed by atoms with Gasteiger partial charge in [0.1, 0.15) is 11.2 Å². The Bertz CT molecular complexity index is 3070. The molecule has 50 heavy (non-hydrogen) atoms. The molecule has 0 radical (unpaired) electrons. The molecule has 0 saturated heterocycles. The Morgan fingerprint density at radius 2 is 1.12 bits per heavy atom. The maximum absolute atomic E-state index is 8.69. The van der Waals surface area contributed by atoms with E-state index in [9.17, 15) is 0 Å². The van der Waals surface area contributed by atoms with Crippen LogP contribution < -0.4 is 0 Å². The summed E-state index contributed by atoms with van der Waals surface area (Å²) >= 11 is 0. The number of nitrogens with zero attached hydrogens (tertiary/aromatic N) is 4. The van der Waals surface area contributed by atoms with Crippen LogP contribution in [0.15, 0.2) is 174 Å². The van der Waals surface area contributed by atoms with Gasteiger partial charge in [0.05, 0.1) is 34.5 Å². The summed E-state index contributed by atoms with van der Waals surface area (Å²) in [5, 5.41) is 3.74. The molecule has 0 amide bonds. The monoisotopic (exact) mass is 645 g/mol. The molecule has 0 fully saturated rings. The molecule has 10 rings (SSSR count). The van der Waals surface area contributed by atoms with E-state index in [-0.39, 0.29) is 29.7 Å². The van der Waals surface area contributed by atoms with Crippen LogP contribution in [0.25, 0.3) is 94.7 Å². The Labute approximate surface area is 294 Å². The molecule has 7 aromatic carbocycles. The van der Waals surface area contributed by atoms with Crippen molar-refractivity contribution in [2.45, 2.75) is 0 Å². The Hall–Kier alpha value is -6.85. The molecule has 0 aliphatic carbocycles. The molecule has 0 aliphatic heterocycles. The minimum absolute atomic E-state index is 0.156. The second-order valence-corrected chi connectivity index (χ2v) is 12.1. The van der Waals surface area contributed by atoms with Crippen molar-refractivity contribution < 1.29 is 11.3 Å². The van der Waals surface area contributed by atoms with Crippen molar-refractivity contribution in [2.75, 3.05) is 0 Å². The first kappa shape index (κ1) is 23.5. The molecule has 0 unspecified atom stereocenters. The lowest BCUT2D eigenvalue weighted by atomic mass is 10.0. The smallest absolute Gasteiger partial charge is 0.167 e. The van der Waals surface area contributed by atoms with Gasteiger partial charge in [-0.05, 0) is 41.5 Å². The van der Waals surface area contributed by atoms with E-state index in [1.54, 1.807) is 0 Å². The number of benzene rings is 7. The van der Waals surface area contributed by atoms with Gasteiger partial charge in [0.2, 0.25) is 0 Å². The zero-order chi connectivity index (χ0) is 37.4. The zero-order valence-corrected chi connectivity index (χ0v) is 26.5. The number of aromatic nitrogens is 4. The van der Waals surface area contributed by atoms with Crippen molar-refractivity contribution in [1.82, 2.24) is 19.5 Å². The van der Waals surface area contributed by atoms with E-state index in [0.717, 1.165) is 55.0 Å². The second-order valence-electron chi connectivity index (χ2n) is 12.1. The van der Waals surface area contributed by atoms with Crippen molar-refractivity contribution in [2.24, 2.45) is 0 Å². The highest BCUT2D eigenvalue weighted by Gasteiger charge is 2.21. The Morgan fingerprint density at radius 1 is 0.480 bits per heavy atom. The molecule has 0 bridgehead atoms. The highest BCUT2D eigenvalue weighted by molar-refractivity contribution is 6.16. The van der Waals surface area contributed by atoms with Crippen LogP contribution in [-0.4, -0.2) is 19.5 Å². The minimum atomic E-state index is -0.420. The largest absolute Gasteiger partial charge is 0.455 e. The quantitative estimate of drug-likeness (QED) is 0.187. The number of rotatable bonds is 5. The average molecular weight is 646 g/mol. The fourth-order valence-corrected chi connectivity index (χ4v) is 6.90. The summed E-state index contributed by atoms with van der Waals surface area (Å²) in [7, 11) is 0. The topological polar surface area (TPSA) is 56.7 Å². The second kappa shape index (κ2) is 11.4. The maximum atomic E-state index is 8.69. The average Bonchev–Trinajstić information content (AvgIpc) is 3.78. The Balaban J connectivity index is 1.23. The lowest BCUT2D eigenvalue weighted by Crippen LogP contribution is -2.00. The van der Waals surface area contributed by atoms with Crippen LogP contribution in [0.3, 0.4) is 0 Å². The molecule has 0 atom stereocenters. The predicted octanol–water partition coefficient (Wildman–Crippen LogP) is 11.5. The van der Waals surface area contributed by atoms with Gasteiger partial charge in [0.15, 0.2) is 17.5 Å². The lowest BCUT2D eigenvalue weighted by molar-refractivity contribution is 0.669. The molecule has 0 spiro atoms. The first-order valence-electron chi connectivity index (χ1n) is 18.8. The van der Waals surface area contributed by atoms with Crippen LogP contribution in [0.1, 0.15) is 6.85 Å². The van der Waals surface area contributed by atoms with Gasteiger partial charge in [-0.15, -0.1) is 0 Å². The van der Waals surface area contributed by atoms with Crippen molar-refractivity contribution in [3.63, 3.8) is 0 Å². The van der Waals surface area contributed by atoms with Gasteiger partial charge in [0, 0.05) is 27.3 Å². The summed E-state index contributed by atoms with van der Waals surface area (Å²) in [5.41, 5.74) is 7.09. The van der Waals surface area contributed by atoms with E-state index in [2.05, 4.69) is 22.8 Å². The van der Waals surface area contributed by atoms with E-state index < -0.39 is 6.04 Å². The van der Waals surface area contributed by atoms with Gasteiger partial charge >= 0.3 is 0 Å². The van der Waals surface area contributed by atoms with Gasteiger partial charge in [-0.25, -0.2) is 15.0 Å². The first-order chi connectivity index (χ1) is 26.9. The lowest BCUT2D eigenvalue weighted by Gasteiger charge is -2.11. The molecule has 3 heterocycles. The predicted molar refractivity (Wildman–Crippen MR) is 203 cm³/mol. The third kappa shape index (κ3) is 4.52. The highest BCUT2D eigenvalue weighted by atomic mass is 16.3. The van der Waals surface area contributed by atoms with Gasteiger partial charge in [0.25, 0.3) is 0 Å². The van der Waals surface area contributed by atoms with Gasteiger partial charge in [-0.1, -0.05) is 139 Å². The molecule has 5 nitrogen and oxygen atoms in total. The fourth-order valence-electron chi connectivity index (χ4n) is 6.90. The molecule has 0 aliphatic rings. The third-order valence-corrected chi connectivity index (χ3v) is 9.14. The van der Waals surface area contributed by atoms with Crippen LogP contribution in [-0.2, 0) is 0 Å². The number of para-hydroxylation sites is 2. The summed E-state index contributed by atoms with van der Waals surface area (Å²) in [4.78, 5) is 14.8. The summed E-state index contributed by atoms with van der Waals surface area (Å²) in [6.45, 7) is 0. The summed E-state index contributed by atoms with van der Waals surface area (Å²) in [5.74, 6) is 1.59. The molecule has 0 saturated carbocycles. The van der Waals surface area contributed by atoms with Gasteiger partial charge in [-0.2, -0.15) is 0 Å². The molecular weight excluding hydrogens is 613 g/mol. The summed E-state index contributed by atoms with van der Waals surface area (Å²) in [6.07, 6.45) is 0. The van der Waals surface area contributed by atoms with Crippen LogP contribution in [0.4, 0.5) is 0 Å². The molecule has 0 N–H and O–H groups in total. The molecular formula is C45H28N4O.